The minimum Gasteiger partial charge on any atom is -0.494 e. The maximum atomic E-state index is 14.1. The molecular weight excluding hydrogens is 454 g/mol. The number of amides is 2. The van der Waals surface area contributed by atoms with Gasteiger partial charge in [0.2, 0.25) is 5.95 Å². The van der Waals surface area contributed by atoms with Crippen molar-refractivity contribution in [3.8, 4) is 5.75 Å². The Kier molecular flexibility index (Phi) is 5.81. The number of benzene rings is 3. The van der Waals surface area contributed by atoms with Gasteiger partial charge < -0.3 is 21.5 Å². The highest BCUT2D eigenvalue weighted by molar-refractivity contribution is 6.11. The SMILES string of the molecule is COc1cc(N)ccc1N1C(=O)N(c2c(C)cccc2C)Cc2cnc(Nc3ccc(N)cc3)nc21. The number of hydrogen-bond donors (Lipinski definition) is 3. The van der Waals surface area contributed by atoms with Crippen molar-refractivity contribution in [3.05, 3.63) is 83.6 Å². The van der Waals surface area contributed by atoms with E-state index in [9.17, 15) is 4.79 Å². The van der Waals surface area contributed by atoms with Crippen LogP contribution in [0.15, 0.2) is 66.9 Å². The van der Waals surface area contributed by atoms with Crippen LogP contribution in [0.2, 0.25) is 0 Å². The van der Waals surface area contributed by atoms with Gasteiger partial charge in [0.05, 0.1) is 25.0 Å². The molecule has 0 atom stereocenters. The fraction of sp³-hybridized carbons (Fsp3) is 0.148. The van der Waals surface area contributed by atoms with Gasteiger partial charge in [0.25, 0.3) is 0 Å². The number of rotatable bonds is 5. The average Bonchev–Trinajstić information content (AvgIpc) is 2.86. The highest BCUT2D eigenvalue weighted by Crippen LogP contribution is 2.42. The van der Waals surface area contributed by atoms with Crippen molar-refractivity contribution in [2.45, 2.75) is 20.4 Å². The van der Waals surface area contributed by atoms with Crippen LogP contribution in [0.25, 0.3) is 0 Å². The van der Waals surface area contributed by atoms with Crippen molar-refractivity contribution in [3.63, 3.8) is 0 Å². The van der Waals surface area contributed by atoms with Crippen LogP contribution in [0.3, 0.4) is 0 Å². The van der Waals surface area contributed by atoms with Crippen molar-refractivity contribution < 1.29 is 9.53 Å². The summed E-state index contributed by atoms with van der Waals surface area (Å²) < 4.78 is 5.60. The molecule has 0 unspecified atom stereocenters. The largest absolute Gasteiger partial charge is 0.494 e. The fourth-order valence-electron chi connectivity index (χ4n) is 4.41. The summed E-state index contributed by atoms with van der Waals surface area (Å²) in [5, 5.41) is 3.19. The zero-order valence-electron chi connectivity index (χ0n) is 20.3. The summed E-state index contributed by atoms with van der Waals surface area (Å²) in [6.45, 7) is 4.32. The number of fused-ring (bicyclic) bond motifs is 1. The minimum absolute atomic E-state index is 0.250. The van der Waals surface area contributed by atoms with E-state index in [0.29, 0.717) is 41.1 Å². The van der Waals surface area contributed by atoms with E-state index in [0.717, 1.165) is 28.1 Å². The number of hydrogen-bond acceptors (Lipinski definition) is 7. The molecule has 36 heavy (non-hydrogen) atoms. The first-order chi connectivity index (χ1) is 17.4. The van der Waals surface area contributed by atoms with Crippen LogP contribution < -0.4 is 31.3 Å². The molecule has 0 radical (unpaired) electrons. The first-order valence-electron chi connectivity index (χ1n) is 11.5. The molecule has 2 amide bonds. The van der Waals surface area contributed by atoms with E-state index in [4.69, 9.17) is 21.2 Å². The van der Waals surface area contributed by atoms with Crippen LogP contribution in [0.5, 0.6) is 5.75 Å². The van der Waals surface area contributed by atoms with Crippen molar-refractivity contribution in [1.82, 2.24) is 9.97 Å². The molecule has 0 aliphatic carbocycles. The van der Waals surface area contributed by atoms with Gasteiger partial charge in [0, 0.05) is 34.9 Å². The molecule has 9 heteroatoms. The molecular formula is C27H27N7O2. The molecule has 0 saturated heterocycles. The number of anilines is 7. The highest BCUT2D eigenvalue weighted by atomic mass is 16.5. The van der Waals surface area contributed by atoms with Gasteiger partial charge in [-0.2, -0.15) is 4.98 Å². The lowest BCUT2D eigenvalue weighted by Crippen LogP contribution is -2.46. The second-order valence-corrected chi connectivity index (χ2v) is 8.67. The molecule has 0 saturated carbocycles. The molecule has 1 aliphatic heterocycles. The third-order valence-electron chi connectivity index (χ3n) is 6.13. The number of urea groups is 1. The number of para-hydroxylation sites is 1. The third-order valence-corrected chi connectivity index (χ3v) is 6.13. The molecule has 0 spiro atoms. The Bertz CT molecular complexity index is 1430. The summed E-state index contributed by atoms with van der Waals surface area (Å²) in [4.78, 5) is 26.7. The number of nitrogens with one attached hydrogen (secondary N) is 1. The van der Waals surface area contributed by atoms with Gasteiger partial charge in [0.15, 0.2) is 5.82 Å². The smallest absolute Gasteiger partial charge is 0.335 e. The van der Waals surface area contributed by atoms with Gasteiger partial charge in [-0.1, -0.05) is 18.2 Å². The molecule has 9 nitrogen and oxygen atoms in total. The second kappa shape index (κ2) is 9.10. The Morgan fingerprint density at radius 1 is 0.972 bits per heavy atom. The molecule has 5 N–H and O–H groups in total. The molecule has 0 bridgehead atoms. The Morgan fingerprint density at radius 3 is 2.36 bits per heavy atom. The lowest BCUT2D eigenvalue weighted by molar-refractivity contribution is 0.252. The number of aromatic nitrogens is 2. The molecule has 5 rings (SSSR count). The van der Waals surface area contributed by atoms with E-state index in [-0.39, 0.29) is 6.03 Å². The van der Waals surface area contributed by atoms with Crippen molar-refractivity contribution in [1.29, 1.82) is 0 Å². The predicted octanol–water partition coefficient (Wildman–Crippen LogP) is 5.29. The average molecular weight is 482 g/mol. The summed E-state index contributed by atoms with van der Waals surface area (Å²) in [7, 11) is 1.55. The summed E-state index contributed by atoms with van der Waals surface area (Å²) in [6.07, 6.45) is 1.74. The van der Waals surface area contributed by atoms with Crippen LogP contribution >= 0.6 is 0 Å². The predicted molar refractivity (Wildman–Crippen MR) is 143 cm³/mol. The fourth-order valence-corrected chi connectivity index (χ4v) is 4.41. The van der Waals surface area contributed by atoms with E-state index in [1.807, 2.05) is 44.2 Å². The third kappa shape index (κ3) is 4.11. The van der Waals surface area contributed by atoms with E-state index in [1.165, 1.54) is 0 Å². The molecule has 4 aromatic rings. The zero-order valence-corrected chi connectivity index (χ0v) is 20.3. The first kappa shape index (κ1) is 23.0. The highest BCUT2D eigenvalue weighted by Gasteiger charge is 2.36. The van der Waals surface area contributed by atoms with E-state index in [2.05, 4.69) is 10.3 Å². The number of nitrogens with two attached hydrogens (primary N) is 2. The number of aryl methyl sites for hydroxylation is 2. The van der Waals surface area contributed by atoms with Crippen LogP contribution in [0.4, 0.5) is 45.0 Å². The van der Waals surface area contributed by atoms with Gasteiger partial charge in [-0.05, 0) is 61.4 Å². The van der Waals surface area contributed by atoms with Crippen LogP contribution in [0, 0.1) is 13.8 Å². The maximum absolute atomic E-state index is 14.1. The van der Waals surface area contributed by atoms with Gasteiger partial charge >= 0.3 is 6.03 Å². The van der Waals surface area contributed by atoms with Crippen LogP contribution in [0.1, 0.15) is 16.7 Å². The summed E-state index contributed by atoms with van der Waals surface area (Å²) in [5.74, 6) is 1.29. The monoisotopic (exact) mass is 481 g/mol. The quantitative estimate of drug-likeness (QED) is 0.331. The summed E-state index contributed by atoms with van der Waals surface area (Å²) in [6, 6.07) is 18.2. The lowest BCUT2D eigenvalue weighted by atomic mass is 10.1. The number of methoxy groups -OCH3 is 1. The van der Waals surface area contributed by atoms with Crippen molar-refractivity contribution in [2.75, 3.05) is 33.7 Å². The first-order valence-corrected chi connectivity index (χ1v) is 11.5. The van der Waals surface area contributed by atoms with Gasteiger partial charge in [-0.3, -0.25) is 4.90 Å². The van der Waals surface area contributed by atoms with E-state index in [1.54, 1.807) is 53.4 Å². The van der Waals surface area contributed by atoms with Crippen molar-refractivity contribution in [2.24, 2.45) is 0 Å². The molecule has 0 fully saturated rings. The van der Waals surface area contributed by atoms with E-state index < -0.39 is 0 Å². The Labute approximate surface area is 209 Å². The Morgan fingerprint density at radius 2 is 1.67 bits per heavy atom. The normalized spacial score (nSPS) is 12.9. The Balaban J connectivity index is 1.65. The van der Waals surface area contributed by atoms with Gasteiger partial charge in [0.1, 0.15) is 5.75 Å². The number of nitrogen functional groups attached to an aromatic ring is 2. The molecule has 182 valence electrons. The van der Waals surface area contributed by atoms with Crippen LogP contribution in [-0.2, 0) is 6.54 Å². The van der Waals surface area contributed by atoms with Crippen LogP contribution in [-0.4, -0.2) is 23.1 Å². The number of ether oxygens (including phenoxy) is 1. The minimum atomic E-state index is -0.250. The van der Waals surface area contributed by atoms with Gasteiger partial charge in [-0.25, -0.2) is 14.7 Å². The van der Waals surface area contributed by atoms with Gasteiger partial charge in [-0.15, -0.1) is 0 Å². The second-order valence-electron chi connectivity index (χ2n) is 8.67. The number of carbonyl (C=O) groups is 1. The Hall–Kier alpha value is -4.79. The topological polar surface area (TPSA) is 123 Å². The molecule has 1 aromatic heterocycles. The maximum Gasteiger partial charge on any atom is 0.335 e. The molecule has 2 heterocycles. The molecule has 1 aliphatic rings. The summed E-state index contributed by atoms with van der Waals surface area (Å²) in [5.41, 5.74) is 17.9. The van der Waals surface area contributed by atoms with E-state index >= 15 is 0 Å². The number of nitrogens with zero attached hydrogens (tertiary/aromatic N) is 4. The van der Waals surface area contributed by atoms with Crippen molar-refractivity contribution >= 4 is 46.2 Å². The summed E-state index contributed by atoms with van der Waals surface area (Å²) >= 11 is 0. The standard InChI is InChI=1S/C27H27N7O2/c1-16-5-4-6-17(2)24(16)33-15-18-14-30-26(31-21-10-7-19(28)8-11-21)32-25(18)34(27(33)35)22-12-9-20(29)13-23(22)36-3/h4-14H,15,28-29H2,1-3H3,(H,30,31,32). The zero-order chi connectivity index (χ0) is 25.4. The number of carbonyl (C=O) groups excluding carboxylic acids is 1. The lowest BCUT2D eigenvalue weighted by Gasteiger charge is -2.37. The molecule has 3 aromatic carbocycles.